The summed E-state index contributed by atoms with van der Waals surface area (Å²) < 4.78 is 39.0. The van der Waals surface area contributed by atoms with E-state index in [0.29, 0.717) is 18.5 Å². The number of halogens is 3. The number of nitrogens with zero attached hydrogens (tertiary/aromatic N) is 3. The monoisotopic (exact) mass is 357 g/mol. The van der Waals surface area contributed by atoms with Crippen LogP contribution in [0.5, 0.6) is 0 Å². The van der Waals surface area contributed by atoms with Crippen LogP contribution in [0.15, 0.2) is 17.2 Å². The van der Waals surface area contributed by atoms with E-state index in [-0.39, 0.29) is 0 Å². The number of rotatable bonds is 4. The lowest BCUT2D eigenvalue weighted by atomic mass is 9.88. The first-order chi connectivity index (χ1) is 11.9. The Morgan fingerprint density at radius 2 is 1.64 bits per heavy atom. The third kappa shape index (κ3) is 5.06. The predicted molar refractivity (Wildman–Crippen MR) is 89.2 cm³/mol. The van der Waals surface area contributed by atoms with E-state index >= 15 is 0 Å². The van der Waals surface area contributed by atoms with E-state index in [1.807, 2.05) is 0 Å². The van der Waals surface area contributed by atoms with E-state index in [9.17, 15) is 18.0 Å². The molecule has 2 aliphatic rings. The average molecular weight is 357 g/mol. The van der Waals surface area contributed by atoms with Gasteiger partial charge in [0.2, 0.25) is 0 Å². The minimum absolute atomic E-state index is 0.332. The molecule has 140 valence electrons. The Kier molecular flexibility index (Phi) is 5.81. The van der Waals surface area contributed by atoms with Crippen LogP contribution >= 0.6 is 0 Å². The minimum Gasteiger partial charge on any atom is -0.303 e. The molecule has 1 saturated carbocycles. The van der Waals surface area contributed by atoms with E-state index < -0.39 is 17.4 Å². The van der Waals surface area contributed by atoms with Gasteiger partial charge in [0.1, 0.15) is 0 Å². The first-order valence-corrected chi connectivity index (χ1v) is 9.28. The molecule has 4 nitrogen and oxygen atoms in total. The van der Waals surface area contributed by atoms with Crippen molar-refractivity contribution in [2.24, 2.45) is 11.8 Å². The first-order valence-electron chi connectivity index (χ1n) is 9.28. The molecule has 0 spiro atoms. The van der Waals surface area contributed by atoms with Crippen molar-refractivity contribution < 1.29 is 13.2 Å². The zero-order chi connectivity index (χ0) is 17.9. The number of hydrogen-bond donors (Lipinski definition) is 0. The van der Waals surface area contributed by atoms with Crippen molar-refractivity contribution >= 4 is 0 Å². The second-order valence-electron chi connectivity index (χ2n) is 7.51. The van der Waals surface area contributed by atoms with E-state index in [1.54, 1.807) is 0 Å². The lowest BCUT2D eigenvalue weighted by Crippen LogP contribution is -2.39. The number of alkyl halides is 3. The Morgan fingerprint density at radius 1 is 1.00 bits per heavy atom. The van der Waals surface area contributed by atoms with Crippen molar-refractivity contribution in [1.29, 1.82) is 0 Å². The number of likely N-dealkylation sites (tertiary alicyclic amines) is 1. The topological polar surface area (TPSA) is 38.1 Å². The summed E-state index contributed by atoms with van der Waals surface area (Å²) in [5.41, 5.74) is -1.73. The van der Waals surface area contributed by atoms with Crippen LogP contribution in [-0.2, 0) is 12.7 Å². The Labute approximate surface area is 146 Å². The highest BCUT2D eigenvalue weighted by Gasteiger charge is 2.33. The highest BCUT2D eigenvalue weighted by molar-refractivity contribution is 5.03. The summed E-state index contributed by atoms with van der Waals surface area (Å²) in [7, 11) is 0. The standard InChI is InChI=1S/C18H26F3N3O/c19-18(20,21)16-10-17(25)24(13-22-16)12-15-6-8-23(9-7-15)11-14-4-2-1-3-5-14/h10,13-15H,1-9,11-12H2. The largest absolute Gasteiger partial charge is 0.433 e. The summed E-state index contributed by atoms with van der Waals surface area (Å²) >= 11 is 0. The maximum Gasteiger partial charge on any atom is 0.433 e. The summed E-state index contributed by atoms with van der Waals surface area (Å²) in [6.07, 6.45) is 5.20. The van der Waals surface area contributed by atoms with Crippen molar-refractivity contribution in [3.05, 3.63) is 28.4 Å². The van der Waals surface area contributed by atoms with Crippen molar-refractivity contribution in [1.82, 2.24) is 14.5 Å². The Morgan fingerprint density at radius 3 is 2.24 bits per heavy atom. The lowest BCUT2D eigenvalue weighted by Gasteiger charge is -2.35. The Balaban J connectivity index is 1.49. The van der Waals surface area contributed by atoms with Crippen LogP contribution in [0.25, 0.3) is 0 Å². The van der Waals surface area contributed by atoms with Gasteiger partial charge >= 0.3 is 6.18 Å². The molecule has 3 rings (SSSR count). The molecule has 0 amide bonds. The van der Waals surface area contributed by atoms with E-state index in [1.165, 1.54) is 43.2 Å². The van der Waals surface area contributed by atoms with Gasteiger partial charge in [-0.25, -0.2) is 4.98 Å². The van der Waals surface area contributed by atoms with Crippen LogP contribution < -0.4 is 5.56 Å². The van der Waals surface area contributed by atoms with E-state index in [2.05, 4.69) is 9.88 Å². The Hall–Kier alpha value is -1.37. The van der Waals surface area contributed by atoms with Crippen LogP contribution in [0.4, 0.5) is 13.2 Å². The van der Waals surface area contributed by atoms with E-state index in [4.69, 9.17) is 0 Å². The molecule has 0 unspecified atom stereocenters. The van der Waals surface area contributed by atoms with Gasteiger partial charge in [0.05, 0.1) is 6.33 Å². The van der Waals surface area contributed by atoms with Crippen LogP contribution in [0.2, 0.25) is 0 Å². The number of hydrogen-bond acceptors (Lipinski definition) is 3. The van der Waals surface area contributed by atoms with Gasteiger partial charge in [-0.1, -0.05) is 19.3 Å². The molecular formula is C18H26F3N3O. The molecule has 0 atom stereocenters. The molecule has 1 aliphatic heterocycles. The zero-order valence-corrected chi connectivity index (χ0v) is 14.5. The van der Waals surface area contributed by atoms with Crippen molar-refractivity contribution in [3.63, 3.8) is 0 Å². The summed E-state index contributed by atoms with van der Waals surface area (Å²) in [5.74, 6) is 1.16. The number of piperidine rings is 1. The smallest absolute Gasteiger partial charge is 0.303 e. The highest BCUT2D eigenvalue weighted by atomic mass is 19.4. The third-order valence-electron chi connectivity index (χ3n) is 5.57. The normalized spacial score (nSPS) is 21.6. The van der Waals surface area contributed by atoms with Crippen LogP contribution in [0, 0.1) is 11.8 Å². The van der Waals surface area contributed by atoms with Gasteiger partial charge in [-0.15, -0.1) is 0 Å². The second kappa shape index (κ2) is 7.89. The van der Waals surface area contributed by atoms with Gasteiger partial charge < -0.3 is 4.90 Å². The molecule has 1 saturated heterocycles. The minimum atomic E-state index is -4.57. The van der Waals surface area contributed by atoms with E-state index in [0.717, 1.165) is 38.2 Å². The average Bonchev–Trinajstić information content (AvgIpc) is 2.58. The molecule has 0 bridgehead atoms. The molecule has 25 heavy (non-hydrogen) atoms. The summed E-state index contributed by atoms with van der Waals surface area (Å²) in [4.78, 5) is 17.8. The zero-order valence-electron chi connectivity index (χ0n) is 14.5. The van der Waals surface area contributed by atoms with Gasteiger partial charge in [0.15, 0.2) is 5.69 Å². The number of aromatic nitrogens is 2. The molecular weight excluding hydrogens is 331 g/mol. The fourth-order valence-electron chi connectivity index (χ4n) is 4.08. The van der Waals surface area contributed by atoms with Crippen LogP contribution in [0.3, 0.4) is 0 Å². The maximum absolute atomic E-state index is 12.6. The molecule has 0 aromatic carbocycles. The summed E-state index contributed by atoms with van der Waals surface area (Å²) in [5, 5.41) is 0. The molecule has 1 aromatic heterocycles. The molecule has 7 heteroatoms. The van der Waals surface area contributed by atoms with Gasteiger partial charge in [-0.05, 0) is 50.6 Å². The molecule has 0 N–H and O–H groups in total. The fourth-order valence-corrected chi connectivity index (χ4v) is 4.08. The lowest BCUT2D eigenvalue weighted by molar-refractivity contribution is -0.141. The van der Waals surface area contributed by atoms with Gasteiger partial charge in [-0.2, -0.15) is 13.2 Å². The fraction of sp³-hybridized carbons (Fsp3) is 0.778. The van der Waals surface area contributed by atoms with Crippen molar-refractivity contribution in [2.45, 2.75) is 57.7 Å². The van der Waals surface area contributed by atoms with Crippen LogP contribution in [0.1, 0.15) is 50.6 Å². The Bertz CT molecular complexity index is 615. The summed E-state index contributed by atoms with van der Waals surface area (Å²) in [6, 6.07) is 0.595. The van der Waals surface area contributed by atoms with Gasteiger partial charge in [-0.3, -0.25) is 9.36 Å². The molecule has 2 heterocycles. The quantitative estimate of drug-likeness (QED) is 0.827. The first kappa shape index (κ1) is 18.4. The third-order valence-corrected chi connectivity index (χ3v) is 5.57. The van der Waals surface area contributed by atoms with Crippen molar-refractivity contribution in [2.75, 3.05) is 19.6 Å². The maximum atomic E-state index is 12.6. The summed E-state index contributed by atoms with van der Waals surface area (Å²) in [6.45, 7) is 3.67. The van der Waals surface area contributed by atoms with Gasteiger partial charge in [0.25, 0.3) is 5.56 Å². The van der Waals surface area contributed by atoms with Gasteiger partial charge in [0, 0.05) is 19.2 Å². The molecule has 0 radical (unpaired) electrons. The second-order valence-corrected chi connectivity index (χ2v) is 7.51. The SMILES string of the molecule is O=c1cc(C(F)(F)F)ncn1CC1CCN(CC2CCCCC2)CC1. The molecule has 2 fully saturated rings. The van der Waals surface area contributed by atoms with Crippen LogP contribution in [-0.4, -0.2) is 34.1 Å². The highest BCUT2D eigenvalue weighted by Crippen LogP contribution is 2.27. The van der Waals surface area contributed by atoms with Crippen molar-refractivity contribution in [3.8, 4) is 0 Å². The molecule has 1 aliphatic carbocycles. The molecule has 1 aromatic rings. The predicted octanol–water partition coefficient (Wildman–Crippen LogP) is 3.55.